The van der Waals surface area contributed by atoms with E-state index >= 15 is 0 Å². The van der Waals surface area contributed by atoms with Crippen molar-refractivity contribution in [2.75, 3.05) is 13.2 Å². The molecule has 0 aliphatic carbocycles. The Kier molecular flexibility index (Phi) is 6.26. The average Bonchev–Trinajstić information content (AvgIpc) is 3.28. The lowest BCUT2D eigenvalue weighted by Crippen LogP contribution is -2.32. The first-order valence-corrected chi connectivity index (χ1v) is 9.97. The molecule has 0 radical (unpaired) electrons. The van der Waals surface area contributed by atoms with Crippen molar-refractivity contribution in [1.82, 2.24) is 4.90 Å². The van der Waals surface area contributed by atoms with E-state index in [1.807, 2.05) is 13.8 Å². The fourth-order valence-electron chi connectivity index (χ4n) is 3.20. The smallest absolute Gasteiger partial charge is 0.290 e. The number of aliphatic hydroxyl groups excluding tert-OH is 1. The molecule has 5 nitrogen and oxygen atoms in total. The fourth-order valence-corrected chi connectivity index (χ4v) is 3.88. The number of amides is 1. The topological polar surface area (TPSA) is 66.8 Å². The maximum absolute atomic E-state index is 13.4. The van der Waals surface area contributed by atoms with Gasteiger partial charge in [0.15, 0.2) is 5.76 Å². The van der Waals surface area contributed by atoms with Crippen molar-refractivity contribution >= 4 is 23.0 Å². The summed E-state index contributed by atoms with van der Waals surface area (Å²) in [4.78, 5) is 27.6. The van der Waals surface area contributed by atoms with Gasteiger partial charge in [-0.2, -0.15) is 0 Å². The van der Waals surface area contributed by atoms with Crippen molar-refractivity contribution in [2.45, 2.75) is 32.4 Å². The molecule has 1 aromatic carbocycles. The van der Waals surface area contributed by atoms with Gasteiger partial charge in [0.1, 0.15) is 5.82 Å². The Hall–Kier alpha value is -2.51. The number of Topliss-reactive ketones (excluding diaryl/α,β-unsaturated/α-hetero) is 1. The summed E-state index contributed by atoms with van der Waals surface area (Å²) in [5.41, 5.74) is 0.604. The monoisotopic (exact) mass is 403 g/mol. The molecular weight excluding hydrogens is 381 g/mol. The number of rotatable bonds is 8. The highest BCUT2D eigenvalue weighted by Gasteiger charge is 2.43. The van der Waals surface area contributed by atoms with E-state index in [2.05, 4.69) is 0 Å². The van der Waals surface area contributed by atoms with Crippen molar-refractivity contribution in [1.29, 1.82) is 0 Å². The van der Waals surface area contributed by atoms with Crippen LogP contribution in [-0.4, -0.2) is 41.0 Å². The molecule has 0 fully saturated rings. The summed E-state index contributed by atoms with van der Waals surface area (Å²) in [6.07, 6.45) is 0.625. The summed E-state index contributed by atoms with van der Waals surface area (Å²) in [5.74, 6) is -1.95. The van der Waals surface area contributed by atoms with Crippen molar-refractivity contribution < 1.29 is 23.8 Å². The van der Waals surface area contributed by atoms with Gasteiger partial charge in [0.05, 0.1) is 22.6 Å². The van der Waals surface area contributed by atoms with Crippen molar-refractivity contribution in [3.8, 4) is 0 Å². The van der Waals surface area contributed by atoms with Crippen LogP contribution < -0.4 is 0 Å². The second-order valence-corrected chi connectivity index (χ2v) is 7.74. The Morgan fingerprint density at radius 2 is 2.00 bits per heavy atom. The molecule has 28 heavy (non-hydrogen) atoms. The third-order valence-electron chi connectivity index (χ3n) is 4.47. The van der Waals surface area contributed by atoms with Gasteiger partial charge >= 0.3 is 0 Å². The molecule has 148 valence electrons. The third kappa shape index (κ3) is 4.15. The number of hydrogen-bond acceptors (Lipinski definition) is 5. The minimum Gasteiger partial charge on any atom is -0.503 e. The largest absolute Gasteiger partial charge is 0.503 e. The van der Waals surface area contributed by atoms with Crippen LogP contribution in [-0.2, 0) is 9.53 Å². The maximum Gasteiger partial charge on any atom is 0.290 e. The maximum atomic E-state index is 13.4. The van der Waals surface area contributed by atoms with E-state index in [-0.39, 0.29) is 11.7 Å². The number of carbonyl (C=O) groups excluding carboxylic acids is 2. The lowest BCUT2D eigenvalue weighted by Gasteiger charge is -2.27. The second-order valence-electron chi connectivity index (χ2n) is 6.79. The summed E-state index contributed by atoms with van der Waals surface area (Å²) in [6, 6.07) is 8.25. The summed E-state index contributed by atoms with van der Waals surface area (Å²) in [6.45, 7) is 4.60. The Labute approximate surface area is 167 Å². The summed E-state index contributed by atoms with van der Waals surface area (Å²) in [5, 5.41) is 12.3. The van der Waals surface area contributed by atoms with E-state index < -0.39 is 29.3 Å². The van der Waals surface area contributed by atoms with Crippen LogP contribution in [0.1, 0.15) is 41.5 Å². The Balaban J connectivity index is 1.93. The number of hydrogen-bond donors (Lipinski definition) is 1. The van der Waals surface area contributed by atoms with E-state index in [1.165, 1.54) is 40.5 Å². The van der Waals surface area contributed by atoms with E-state index in [0.29, 0.717) is 30.0 Å². The van der Waals surface area contributed by atoms with Gasteiger partial charge in [-0.25, -0.2) is 4.39 Å². The number of aliphatic hydroxyl groups is 1. The normalized spacial score (nSPS) is 17.1. The molecule has 0 bridgehead atoms. The molecule has 0 saturated heterocycles. The molecule has 1 atom stereocenters. The van der Waals surface area contributed by atoms with Crippen LogP contribution >= 0.6 is 11.3 Å². The van der Waals surface area contributed by atoms with Crippen molar-refractivity contribution in [3.63, 3.8) is 0 Å². The molecule has 1 aliphatic heterocycles. The first-order chi connectivity index (χ1) is 13.4. The van der Waals surface area contributed by atoms with Gasteiger partial charge in [0.25, 0.3) is 5.91 Å². The van der Waals surface area contributed by atoms with Crippen LogP contribution in [0.3, 0.4) is 0 Å². The Morgan fingerprint density at radius 1 is 1.29 bits per heavy atom. The van der Waals surface area contributed by atoms with E-state index in [4.69, 9.17) is 4.74 Å². The van der Waals surface area contributed by atoms with Crippen LogP contribution in [0.2, 0.25) is 0 Å². The SMILES string of the molecule is CC(C)OCCCN1C(=O)C(O)=C(C(=O)c2cccs2)C1c1ccc(F)cc1. The van der Waals surface area contributed by atoms with Crippen LogP contribution in [0.15, 0.2) is 53.1 Å². The van der Waals surface area contributed by atoms with E-state index in [1.54, 1.807) is 17.5 Å². The Morgan fingerprint density at radius 3 is 2.61 bits per heavy atom. The van der Waals surface area contributed by atoms with Gasteiger partial charge < -0.3 is 14.7 Å². The van der Waals surface area contributed by atoms with Crippen molar-refractivity contribution in [3.05, 3.63) is 69.4 Å². The van der Waals surface area contributed by atoms with E-state index in [0.717, 1.165) is 0 Å². The van der Waals surface area contributed by atoms with Crippen LogP contribution in [0.4, 0.5) is 4.39 Å². The number of nitrogens with zero attached hydrogens (tertiary/aromatic N) is 1. The van der Waals surface area contributed by atoms with Crippen LogP contribution in [0.25, 0.3) is 0 Å². The fraction of sp³-hybridized carbons (Fsp3) is 0.333. The second kappa shape index (κ2) is 8.67. The van der Waals surface area contributed by atoms with Crippen molar-refractivity contribution in [2.24, 2.45) is 0 Å². The summed E-state index contributed by atoms with van der Waals surface area (Å²) < 4.78 is 18.9. The molecule has 2 heterocycles. The minimum atomic E-state index is -0.762. The number of benzene rings is 1. The number of ether oxygens (including phenoxy) is 1. The zero-order chi connectivity index (χ0) is 20.3. The highest BCUT2D eigenvalue weighted by Crippen LogP contribution is 2.39. The molecule has 3 rings (SSSR count). The first kappa shape index (κ1) is 20.2. The van der Waals surface area contributed by atoms with E-state index in [9.17, 15) is 19.1 Å². The van der Waals surface area contributed by atoms with Gasteiger partial charge in [-0.3, -0.25) is 9.59 Å². The number of halogens is 1. The summed E-state index contributed by atoms with van der Waals surface area (Å²) in [7, 11) is 0. The van der Waals surface area contributed by atoms with Gasteiger partial charge in [0, 0.05) is 13.2 Å². The molecule has 1 amide bonds. The number of carbonyl (C=O) groups is 2. The summed E-state index contributed by atoms with van der Waals surface area (Å²) >= 11 is 1.24. The molecule has 1 aromatic heterocycles. The molecule has 1 aliphatic rings. The zero-order valence-electron chi connectivity index (χ0n) is 15.7. The standard InChI is InChI=1S/C21H22FNO4S/c1-13(2)27-11-4-10-23-18(14-6-8-15(22)9-7-14)17(20(25)21(23)26)19(24)16-5-3-12-28-16/h3,5-9,12-13,18,25H,4,10-11H2,1-2H3. The van der Waals surface area contributed by atoms with Gasteiger partial charge in [0.2, 0.25) is 5.78 Å². The molecule has 2 aromatic rings. The zero-order valence-corrected chi connectivity index (χ0v) is 16.5. The number of ketones is 1. The molecule has 0 spiro atoms. The lowest BCUT2D eigenvalue weighted by molar-refractivity contribution is -0.129. The molecule has 1 unspecified atom stereocenters. The van der Waals surface area contributed by atoms with Gasteiger partial charge in [-0.15, -0.1) is 11.3 Å². The molecule has 0 saturated carbocycles. The van der Waals surface area contributed by atoms with Crippen LogP contribution in [0, 0.1) is 5.82 Å². The average molecular weight is 403 g/mol. The van der Waals surface area contributed by atoms with Gasteiger partial charge in [-0.1, -0.05) is 18.2 Å². The quantitative estimate of drug-likeness (QED) is 0.528. The van der Waals surface area contributed by atoms with Crippen LogP contribution in [0.5, 0.6) is 0 Å². The minimum absolute atomic E-state index is 0.0313. The Bertz CT molecular complexity index is 874. The first-order valence-electron chi connectivity index (χ1n) is 9.09. The molecule has 1 N–H and O–H groups in total. The lowest BCUT2D eigenvalue weighted by atomic mass is 9.95. The number of thiophene rings is 1. The molecular formula is C21H22FNO4S. The predicted molar refractivity (Wildman–Crippen MR) is 105 cm³/mol. The third-order valence-corrected chi connectivity index (χ3v) is 5.34. The highest BCUT2D eigenvalue weighted by atomic mass is 32.1. The highest BCUT2D eigenvalue weighted by molar-refractivity contribution is 7.12. The van der Waals surface area contributed by atoms with Gasteiger partial charge in [-0.05, 0) is 49.4 Å². The predicted octanol–water partition coefficient (Wildman–Crippen LogP) is 4.28. The molecule has 7 heteroatoms.